The number of halogens is 1. The van der Waals surface area contributed by atoms with Crippen molar-refractivity contribution in [3.05, 3.63) is 52.5 Å². The van der Waals surface area contributed by atoms with Crippen molar-refractivity contribution in [2.24, 2.45) is 5.73 Å². The SMILES string of the molecule is CSC1(C)SC(C(=N)N)C(c2nccs2)=C1c1ccccc1.Cl. The van der Waals surface area contributed by atoms with Crippen LogP contribution >= 0.6 is 47.3 Å². The standard InChI is InChI=1S/C16H17N3S3.ClH/c1-16(20-2)12(10-6-4-3-5-7-10)11(13(22-16)14(17)18)15-19-8-9-21-15;/h3-9,13H,1-2H3,(H3,17,18);1H. The van der Waals surface area contributed by atoms with Crippen molar-refractivity contribution in [2.45, 2.75) is 16.3 Å². The third-order valence-electron chi connectivity index (χ3n) is 3.73. The molecular formula is C16H18ClN3S3. The second-order valence-electron chi connectivity index (χ2n) is 5.10. The van der Waals surface area contributed by atoms with Crippen molar-refractivity contribution >= 4 is 64.2 Å². The van der Waals surface area contributed by atoms with Gasteiger partial charge in [-0.1, -0.05) is 30.3 Å². The van der Waals surface area contributed by atoms with E-state index in [4.69, 9.17) is 11.1 Å². The Labute approximate surface area is 155 Å². The number of nitrogens with zero attached hydrogens (tertiary/aromatic N) is 1. The normalized spacial score (nSPS) is 23.7. The Morgan fingerprint density at radius 3 is 2.57 bits per heavy atom. The first-order chi connectivity index (χ1) is 10.6. The Morgan fingerprint density at radius 2 is 2.04 bits per heavy atom. The molecule has 1 aromatic carbocycles. The lowest BCUT2D eigenvalue weighted by atomic mass is 9.95. The van der Waals surface area contributed by atoms with Crippen molar-refractivity contribution in [3.8, 4) is 0 Å². The molecule has 2 unspecified atom stereocenters. The first-order valence-electron chi connectivity index (χ1n) is 6.83. The summed E-state index contributed by atoms with van der Waals surface area (Å²) in [7, 11) is 0. The molecule has 1 aliphatic heterocycles. The Hall–Kier alpha value is -0.950. The summed E-state index contributed by atoms with van der Waals surface area (Å²) >= 11 is 5.13. The molecule has 0 fully saturated rings. The highest BCUT2D eigenvalue weighted by Gasteiger charge is 2.45. The van der Waals surface area contributed by atoms with Gasteiger partial charge in [-0.2, -0.15) is 0 Å². The van der Waals surface area contributed by atoms with E-state index >= 15 is 0 Å². The van der Waals surface area contributed by atoms with Crippen LogP contribution < -0.4 is 5.73 Å². The highest BCUT2D eigenvalue weighted by Crippen LogP contribution is 2.59. The molecule has 2 heterocycles. The molecule has 1 aliphatic rings. The molecule has 122 valence electrons. The lowest BCUT2D eigenvalue weighted by Gasteiger charge is -2.25. The zero-order valence-electron chi connectivity index (χ0n) is 12.8. The van der Waals surface area contributed by atoms with Crippen LogP contribution in [0.1, 0.15) is 17.5 Å². The van der Waals surface area contributed by atoms with Crippen molar-refractivity contribution in [1.29, 1.82) is 5.41 Å². The van der Waals surface area contributed by atoms with Gasteiger partial charge in [-0.15, -0.1) is 47.3 Å². The van der Waals surface area contributed by atoms with E-state index in [1.807, 2.05) is 29.8 Å². The maximum Gasteiger partial charge on any atom is 0.121 e. The van der Waals surface area contributed by atoms with Crippen molar-refractivity contribution in [2.75, 3.05) is 6.26 Å². The molecule has 23 heavy (non-hydrogen) atoms. The molecule has 2 aromatic rings. The molecule has 2 atom stereocenters. The molecule has 3 nitrogen and oxygen atoms in total. The predicted molar refractivity (Wildman–Crippen MR) is 108 cm³/mol. The topological polar surface area (TPSA) is 62.8 Å². The molecule has 1 aromatic heterocycles. The van der Waals surface area contributed by atoms with Crippen LogP contribution in [0.4, 0.5) is 0 Å². The second-order valence-corrected chi connectivity index (χ2v) is 9.00. The van der Waals surface area contributed by atoms with Gasteiger partial charge in [0.25, 0.3) is 0 Å². The number of thioether (sulfide) groups is 2. The molecule has 0 bridgehead atoms. The van der Waals surface area contributed by atoms with Crippen molar-refractivity contribution in [3.63, 3.8) is 0 Å². The summed E-state index contributed by atoms with van der Waals surface area (Å²) in [5.41, 5.74) is 9.42. The molecule has 3 rings (SSSR count). The van der Waals surface area contributed by atoms with E-state index in [2.05, 4.69) is 30.3 Å². The molecule has 0 saturated heterocycles. The van der Waals surface area contributed by atoms with Gasteiger partial charge < -0.3 is 5.73 Å². The van der Waals surface area contributed by atoms with E-state index in [1.54, 1.807) is 34.9 Å². The first-order valence-corrected chi connectivity index (χ1v) is 9.82. The van der Waals surface area contributed by atoms with Gasteiger partial charge in [0.05, 0.1) is 9.33 Å². The van der Waals surface area contributed by atoms with Gasteiger partial charge in [0, 0.05) is 17.2 Å². The highest BCUT2D eigenvalue weighted by molar-refractivity contribution is 8.19. The van der Waals surface area contributed by atoms with Crippen LogP contribution in [-0.4, -0.2) is 26.4 Å². The quantitative estimate of drug-likeness (QED) is 0.597. The molecule has 0 amide bonds. The average molecular weight is 384 g/mol. The van der Waals surface area contributed by atoms with Gasteiger partial charge in [-0.3, -0.25) is 5.41 Å². The third kappa shape index (κ3) is 3.31. The highest BCUT2D eigenvalue weighted by atomic mass is 35.5. The van der Waals surface area contributed by atoms with E-state index in [1.165, 1.54) is 11.1 Å². The number of nitrogens with two attached hydrogens (primary N) is 1. The number of hydrogen-bond donors (Lipinski definition) is 2. The lowest BCUT2D eigenvalue weighted by Crippen LogP contribution is -2.25. The zero-order chi connectivity index (χ0) is 15.7. The fourth-order valence-corrected chi connectivity index (χ4v) is 5.85. The van der Waals surface area contributed by atoms with Crippen molar-refractivity contribution < 1.29 is 0 Å². The number of rotatable bonds is 4. The van der Waals surface area contributed by atoms with E-state index in [9.17, 15) is 0 Å². The Balaban J connectivity index is 0.00000192. The van der Waals surface area contributed by atoms with Crippen LogP contribution in [0.3, 0.4) is 0 Å². The molecular weight excluding hydrogens is 366 g/mol. The van der Waals surface area contributed by atoms with E-state index in [0.29, 0.717) is 0 Å². The summed E-state index contributed by atoms with van der Waals surface area (Å²) in [5.74, 6) is 0.196. The number of nitrogens with one attached hydrogen (secondary N) is 1. The summed E-state index contributed by atoms with van der Waals surface area (Å²) in [5, 5.41) is 10.8. The number of hydrogen-bond acceptors (Lipinski definition) is 5. The largest absolute Gasteiger partial charge is 0.386 e. The van der Waals surface area contributed by atoms with Gasteiger partial charge in [-0.05, 0) is 24.3 Å². The van der Waals surface area contributed by atoms with Crippen LogP contribution in [-0.2, 0) is 0 Å². The van der Waals surface area contributed by atoms with Crippen LogP contribution in [0.5, 0.6) is 0 Å². The van der Waals surface area contributed by atoms with Crippen LogP contribution in [0.2, 0.25) is 0 Å². The van der Waals surface area contributed by atoms with Gasteiger partial charge in [0.15, 0.2) is 0 Å². The second kappa shape index (κ2) is 7.30. The molecule has 3 N–H and O–H groups in total. The number of aromatic nitrogens is 1. The fourth-order valence-electron chi connectivity index (χ4n) is 2.69. The van der Waals surface area contributed by atoms with Crippen molar-refractivity contribution in [1.82, 2.24) is 4.98 Å². The maximum absolute atomic E-state index is 8.02. The monoisotopic (exact) mass is 383 g/mol. The van der Waals surface area contributed by atoms with Crippen LogP contribution in [0.25, 0.3) is 11.1 Å². The molecule has 0 aliphatic carbocycles. The molecule has 7 heteroatoms. The average Bonchev–Trinajstić information content (AvgIpc) is 3.14. The summed E-state index contributed by atoms with van der Waals surface area (Å²) < 4.78 is -0.140. The Bertz CT molecular complexity index is 715. The molecule has 0 saturated carbocycles. The summed E-state index contributed by atoms with van der Waals surface area (Å²) in [4.78, 5) is 4.49. The van der Waals surface area contributed by atoms with Crippen LogP contribution in [0.15, 0.2) is 41.9 Å². The van der Waals surface area contributed by atoms with Gasteiger partial charge >= 0.3 is 0 Å². The number of thiazole rings is 1. The van der Waals surface area contributed by atoms with E-state index < -0.39 is 0 Å². The number of benzene rings is 1. The summed E-state index contributed by atoms with van der Waals surface area (Å²) in [6.07, 6.45) is 3.92. The molecule has 0 spiro atoms. The van der Waals surface area contributed by atoms with Gasteiger partial charge in [-0.25, -0.2) is 4.98 Å². The predicted octanol–water partition coefficient (Wildman–Crippen LogP) is 4.61. The minimum atomic E-state index is -0.140. The van der Waals surface area contributed by atoms with E-state index in [-0.39, 0.29) is 27.6 Å². The Kier molecular flexibility index (Phi) is 5.84. The zero-order valence-corrected chi connectivity index (χ0v) is 16.0. The lowest BCUT2D eigenvalue weighted by molar-refractivity contribution is 1.19. The third-order valence-corrected chi connectivity index (χ3v) is 7.68. The summed E-state index contributed by atoms with van der Waals surface area (Å²) in [6, 6.07) is 10.4. The fraction of sp³-hybridized carbons (Fsp3) is 0.250. The van der Waals surface area contributed by atoms with Crippen LogP contribution in [0, 0.1) is 5.41 Å². The van der Waals surface area contributed by atoms with Gasteiger partial charge in [0.1, 0.15) is 10.8 Å². The minimum Gasteiger partial charge on any atom is -0.386 e. The Morgan fingerprint density at radius 1 is 1.35 bits per heavy atom. The summed E-state index contributed by atoms with van der Waals surface area (Å²) in [6.45, 7) is 2.21. The minimum absolute atomic E-state index is 0. The molecule has 0 radical (unpaired) electrons. The maximum atomic E-state index is 8.02. The van der Waals surface area contributed by atoms with E-state index in [0.717, 1.165) is 10.6 Å². The number of amidine groups is 1. The smallest absolute Gasteiger partial charge is 0.121 e. The first kappa shape index (κ1) is 18.4. The van der Waals surface area contributed by atoms with Gasteiger partial charge in [0.2, 0.25) is 0 Å².